The molecule has 0 unspecified atom stereocenters. The summed E-state index contributed by atoms with van der Waals surface area (Å²) in [5.74, 6) is -0.587. The Hall–Kier alpha value is -2.24. The molecular weight excluding hydrogens is 336 g/mol. The van der Waals surface area contributed by atoms with Gasteiger partial charge in [-0.3, -0.25) is 9.69 Å². The van der Waals surface area contributed by atoms with Gasteiger partial charge in [0.2, 0.25) is 0 Å². The largest absolute Gasteiger partial charge is 0.330 e. The summed E-state index contributed by atoms with van der Waals surface area (Å²) in [4.78, 5) is 19.5. The molecular formula is C20H25F2N3O. The number of hydrogen-bond acceptors (Lipinski definition) is 2. The topological polar surface area (TPSA) is 38.1 Å². The zero-order valence-electron chi connectivity index (χ0n) is 15.4. The summed E-state index contributed by atoms with van der Waals surface area (Å²) in [6.07, 6.45) is 8.64. The van der Waals surface area contributed by atoms with Gasteiger partial charge in [-0.2, -0.15) is 0 Å². The molecule has 0 spiro atoms. The minimum Gasteiger partial charge on any atom is -0.330 e. The van der Waals surface area contributed by atoms with Crippen LogP contribution in [-0.4, -0.2) is 22.0 Å². The Bertz CT molecular complexity index is 789. The highest BCUT2D eigenvalue weighted by Gasteiger charge is 2.27. The molecule has 0 N–H and O–H groups in total. The van der Waals surface area contributed by atoms with Gasteiger partial charge in [-0.1, -0.05) is 19.4 Å². The standard InChI is InChI=1S/C20H25F2N3O/c1-3-4-11-25(19-14(2)24-12-6-5-10-18(24)23-19)20(26)15-8-7-9-16(21)17(22)13-15/h7,9,13H,3-6,8,10-12H2,1-2H3. The second-order valence-electron chi connectivity index (χ2n) is 6.83. The van der Waals surface area contributed by atoms with Crippen LogP contribution >= 0.6 is 0 Å². The third-order valence-electron chi connectivity index (χ3n) is 4.95. The average molecular weight is 361 g/mol. The van der Waals surface area contributed by atoms with Crippen LogP contribution in [-0.2, 0) is 17.8 Å². The Kier molecular flexibility index (Phi) is 5.69. The first-order valence-corrected chi connectivity index (χ1v) is 9.33. The molecule has 1 aromatic rings. The Morgan fingerprint density at radius 1 is 1.31 bits per heavy atom. The molecule has 0 aromatic carbocycles. The third-order valence-corrected chi connectivity index (χ3v) is 4.95. The first-order valence-electron chi connectivity index (χ1n) is 9.33. The lowest BCUT2D eigenvalue weighted by Crippen LogP contribution is -2.34. The molecule has 1 amide bonds. The fourth-order valence-corrected chi connectivity index (χ4v) is 3.47. The van der Waals surface area contributed by atoms with Crippen LogP contribution in [0.2, 0.25) is 0 Å². The van der Waals surface area contributed by atoms with Crippen LogP contribution in [0.3, 0.4) is 0 Å². The van der Waals surface area contributed by atoms with Gasteiger partial charge < -0.3 is 4.57 Å². The minimum absolute atomic E-state index is 0.203. The SMILES string of the molecule is CCCCN(C(=O)C1=CC(F)=C(F)C=CC1)c1nc2n(c1C)CCCC2. The summed E-state index contributed by atoms with van der Waals surface area (Å²) in [7, 11) is 0. The molecule has 0 fully saturated rings. The van der Waals surface area contributed by atoms with Crippen molar-refractivity contribution in [2.75, 3.05) is 11.4 Å². The van der Waals surface area contributed by atoms with E-state index in [1.54, 1.807) is 4.90 Å². The quantitative estimate of drug-likeness (QED) is 0.762. The lowest BCUT2D eigenvalue weighted by Gasteiger charge is -2.22. The van der Waals surface area contributed by atoms with E-state index in [1.807, 2.05) is 6.92 Å². The zero-order valence-corrected chi connectivity index (χ0v) is 15.4. The second kappa shape index (κ2) is 7.98. The van der Waals surface area contributed by atoms with E-state index in [-0.39, 0.29) is 17.9 Å². The van der Waals surface area contributed by atoms with Crippen molar-refractivity contribution in [1.29, 1.82) is 0 Å². The van der Waals surface area contributed by atoms with Gasteiger partial charge in [-0.15, -0.1) is 0 Å². The van der Waals surface area contributed by atoms with Gasteiger partial charge in [-0.05, 0) is 44.8 Å². The molecule has 2 aliphatic rings. The average Bonchev–Trinajstić information content (AvgIpc) is 2.87. The lowest BCUT2D eigenvalue weighted by atomic mass is 10.1. The number of halogens is 2. The van der Waals surface area contributed by atoms with Crippen molar-refractivity contribution in [3.05, 3.63) is 47.0 Å². The molecule has 140 valence electrons. The van der Waals surface area contributed by atoms with Crippen LogP contribution in [0.25, 0.3) is 0 Å². The van der Waals surface area contributed by atoms with Crippen LogP contribution < -0.4 is 4.90 Å². The monoisotopic (exact) mass is 361 g/mol. The van der Waals surface area contributed by atoms with Gasteiger partial charge in [-0.25, -0.2) is 13.8 Å². The summed E-state index contributed by atoms with van der Waals surface area (Å²) in [6.45, 7) is 5.46. The van der Waals surface area contributed by atoms with Crippen LogP contribution in [0.4, 0.5) is 14.6 Å². The van der Waals surface area contributed by atoms with E-state index < -0.39 is 11.7 Å². The van der Waals surface area contributed by atoms with Crippen molar-refractivity contribution in [3.8, 4) is 0 Å². The third kappa shape index (κ3) is 3.64. The highest BCUT2D eigenvalue weighted by atomic mass is 19.2. The molecule has 0 radical (unpaired) electrons. The van der Waals surface area contributed by atoms with Crippen LogP contribution in [0, 0.1) is 6.92 Å². The first-order chi connectivity index (χ1) is 12.5. The van der Waals surface area contributed by atoms with Gasteiger partial charge in [0.25, 0.3) is 5.91 Å². The number of aromatic nitrogens is 2. The van der Waals surface area contributed by atoms with Crippen molar-refractivity contribution >= 4 is 11.7 Å². The number of aryl methyl sites for hydroxylation is 1. The Balaban J connectivity index is 1.96. The number of unbranched alkanes of at least 4 members (excludes halogenated alkanes) is 1. The summed E-state index contributed by atoms with van der Waals surface area (Å²) in [5, 5.41) is 0. The molecule has 6 heteroatoms. The van der Waals surface area contributed by atoms with E-state index in [0.717, 1.165) is 62.3 Å². The molecule has 0 saturated heterocycles. The number of rotatable bonds is 5. The number of allylic oxidation sites excluding steroid dienone is 5. The molecule has 1 aliphatic heterocycles. The number of carbonyl (C=O) groups excluding carboxylic acids is 1. The summed E-state index contributed by atoms with van der Waals surface area (Å²) in [6, 6.07) is 0. The Morgan fingerprint density at radius 2 is 2.12 bits per heavy atom. The fourth-order valence-electron chi connectivity index (χ4n) is 3.47. The number of hydrogen-bond donors (Lipinski definition) is 0. The van der Waals surface area contributed by atoms with Gasteiger partial charge in [0.05, 0.1) is 5.69 Å². The number of amides is 1. The van der Waals surface area contributed by atoms with E-state index in [4.69, 9.17) is 4.98 Å². The van der Waals surface area contributed by atoms with Gasteiger partial charge in [0.1, 0.15) is 5.82 Å². The number of anilines is 1. The van der Waals surface area contributed by atoms with Crippen LogP contribution in [0.1, 0.15) is 50.5 Å². The van der Waals surface area contributed by atoms with Crippen LogP contribution in [0.5, 0.6) is 0 Å². The van der Waals surface area contributed by atoms with E-state index in [2.05, 4.69) is 11.5 Å². The van der Waals surface area contributed by atoms with Gasteiger partial charge >= 0.3 is 0 Å². The smallest absolute Gasteiger partial charge is 0.255 e. The Labute approximate surface area is 152 Å². The van der Waals surface area contributed by atoms with E-state index in [1.165, 1.54) is 6.08 Å². The van der Waals surface area contributed by atoms with Crippen molar-refractivity contribution in [1.82, 2.24) is 9.55 Å². The molecule has 1 aliphatic carbocycles. The van der Waals surface area contributed by atoms with E-state index in [9.17, 15) is 13.6 Å². The Morgan fingerprint density at radius 3 is 2.85 bits per heavy atom. The molecule has 26 heavy (non-hydrogen) atoms. The van der Waals surface area contributed by atoms with E-state index in [0.29, 0.717) is 12.4 Å². The molecule has 1 aromatic heterocycles. The van der Waals surface area contributed by atoms with Crippen molar-refractivity contribution in [3.63, 3.8) is 0 Å². The first kappa shape index (κ1) is 18.5. The number of imidazole rings is 1. The molecule has 3 rings (SSSR count). The second-order valence-corrected chi connectivity index (χ2v) is 6.83. The predicted octanol–water partition coefficient (Wildman–Crippen LogP) is 4.70. The summed E-state index contributed by atoms with van der Waals surface area (Å²) >= 11 is 0. The van der Waals surface area contributed by atoms with Gasteiger partial charge in [0.15, 0.2) is 17.5 Å². The lowest BCUT2D eigenvalue weighted by molar-refractivity contribution is -0.115. The highest BCUT2D eigenvalue weighted by molar-refractivity contribution is 6.06. The minimum atomic E-state index is -1.00. The molecule has 0 saturated carbocycles. The maximum absolute atomic E-state index is 13.8. The highest BCUT2D eigenvalue weighted by Crippen LogP contribution is 2.28. The fraction of sp³-hybridized carbons (Fsp3) is 0.500. The van der Waals surface area contributed by atoms with Gasteiger partial charge in [0, 0.05) is 25.1 Å². The summed E-state index contributed by atoms with van der Waals surface area (Å²) in [5.41, 5.74) is 1.21. The molecule has 0 bridgehead atoms. The zero-order chi connectivity index (χ0) is 18.7. The maximum atomic E-state index is 13.8. The van der Waals surface area contributed by atoms with Crippen LogP contribution in [0.15, 0.2) is 35.5 Å². The van der Waals surface area contributed by atoms with Crippen molar-refractivity contribution < 1.29 is 13.6 Å². The number of fused-ring (bicyclic) bond motifs is 1. The van der Waals surface area contributed by atoms with Crippen molar-refractivity contribution in [2.24, 2.45) is 0 Å². The summed E-state index contributed by atoms with van der Waals surface area (Å²) < 4.78 is 29.4. The molecule has 2 heterocycles. The molecule has 0 atom stereocenters. The normalized spacial score (nSPS) is 17.0. The molecule has 4 nitrogen and oxygen atoms in total. The van der Waals surface area contributed by atoms with Crippen molar-refractivity contribution in [2.45, 2.75) is 58.9 Å². The maximum Gasteiger partial charge on any atom is 0.255 e. The number of nitrogens with zero attached hydrogens (tertiary/aromatic N) is 3. The van der Waals surface area contributed by atoms with E-state index >= 15 is 0 Å². The number of carbonyl (C=O) groups is 1. The predicted molar refractivity (Wildman–Crippen MR) is 98.2 cm³/mol.